The van der Waals surface area contributed by atoms with Gasteiger partial charge in [-0.2, -0.15) is 0 Å². The van der Waals surface area contributed by atoms with Crippen molar-refractivity contribution in [1.29, 1.82) is 0 Å². The van der Waals surface area contributed by atoms with Crippen molar-refractivity contribution >= 4 is 11.6 Å². The fourth-order valence-electron chi connectivity index (χ4n) is 2.06. The number of hydrogen-bond acceptors (Lipinski definition) is 0. The van der Waals surface area contributed by atoms with Crippen LogP contribution in [0.25, 0.3) is 0 Å². The number of piperidine rings is 3. The van der Waals surface area contributed by atoms with Gasteiger partial charge in [0.1, 0.15) is 0 Å². The Balaban J connectivity index is 2.06. The molecule has 3 aliphatic rings. The van der Waals surface area contributed by atoms with Gasteiger partial charge in [-0.1, -0.05) is 0 Å². The molecule has 0 spiro atoms. The molecule has 0 amide bonds. The summed E-state index contributed by atoms with van der Waals surface area (Å²) in [6.07, 6.45) is 2.76. The summed E-state index contributed by atoms with van der Waals surface area (Å²) in [6.45, 7) is 3.99. The Kier molecular flexibility index (Phi) is 1.42. The summed E-state index contributed by atoms with van der Waals surface area (Å²) in [5, 5.41) is 0.502. The maximum Gasteiger partial charge on any atom is 0.0940 e. The topological polar surface area (TPSA) is 4.44 Å². The minimum atomic E-state index is 0.502. The lowest BCUT2D eigenvalue weighted by molar-refractivity contribution is -0.915. The quantitative estimate of drug-likeness (QED) is 0.456. The molecule has 1 atom stereocenters. The Morgan fingerprint density at radius 2 is 1.89 bits per heavy atom. The molecule has 3 saturated heterocycles. The summed E-state index contributed by atoms with van der Waals surface area (Å²) < 4.78 is 0. The van der Waals surface area contributed by atoms with E-state index < -0.39 is 0 Å². The standard InChI is InChI=1S/C7H12ClN/c8-7-5-9-3-1-6(7)2-4-9/h6-7H,1-5H2/p+1/t7-/m0/s1. The largest absolute Gasteiger partial charge is 0.334 e. The van der Waals surface area contributed by atoms with E-state index in [4.69, 9.17) is 11.6 Å². The van der Waals surface area contributed by atoms with Crippen LogP contribution in [0.4, 0.5) is 0 Å². The van der Waals surface area contributed by atoms with E-state index in [2.05, 4.69) is 0 Å². The zero-order valence-electron chi connectivity index (χ0n) is 5.57. The number of alkyl halides is 1. The monoisotopic (exact) mass is 146 g/mol. The van der Waals surface area contributed by atoms with Crippen molar-refractivity contribution < 1.29 is 4.90 Å². The van der Waals surface area contributed by atoms with Crippen LogP contribution in [0.2, 0.25) is 0 Å². The molecule has 0 saturated carbocycles. The molecule has 3 aliphatic heterocycles. The van der Waals surface area contributed by atoms with Crippen LogP contribution in [0.1, 0.15) is 12.8 Å². The zero-order chi connectivity index (χ0) is 6.27. The van der Waals surface area contributed by atoms with E-state index in [1.54, 1.807) is 4.90 Å². The van der Waals surface area contributed by atoms with Crippen molar-refractivity contribution in [3.05, 3.63) is 0 Å². The Labute approximate surface area is 61.0 Å². The first-order chi connectivity index (χ1) is 4.36. The first-order valence-electron chi connectivity index (χ1n) is 3.84. The summed E-state index contributed by atoms with van der Waals surface area (Å²) in [5.74, 6) is 0.865. The average molecular weight is 147 g/mol. The minimum Gasteiger partial charge on any atom is -0.334 e. The van der Waals surface area contributed by atoms with E-state index >= 15 is 0 Å². The number of halogens is 1. The van der Waals surface area contributed by atoms with Crippen LogP contribution in [0.3, 0.4) is 0 Å². The van der Waals surface area contributed by atoms with E-state index in [1.807, 2.05) is 0 Å². The highest BCUT2D eigenvalue weighted by Gasteiger charge is 2.35. The van der Waals surface area contributed by atoms with Crippen molar-refractivity contribution in [3.8, 4) is 0 Å². The molecule has 0 aliphatic carbocycles. The van der Waals surface area contributed by atoms with Gasteiger partial charge in [0.15, 0.2) is 0 Å². The van der Waals surface area contributed by atoms with Gasteiger partial charge < -0.3 is 4.90 Å². The number of nitrogens with one attached hydrogen (secondary N) is 1. The van der Waals surface area contributed by atoms with Gasteiger partial charge in [0.2, 0.25) is 0 Å². The Morgan fingerprint density at radius 3 is 2.11 bits per heavy atom. The number of quaternary nitrogens is 1. The van der Waals surface area contributed by atoms with Gasteiger partial charge in [-0.25, -0.2) is 0 Å². The zero-order valence-corrected chi connectivity index (χ0v) is 6.32. The van der Waals surface area contributed by atoms with Crippen LogP contribution in [0.5, 0.6) is 0 Å². The molecule has 1 N–H and O–H groups in total. The van der Waals surface area contributed by atoms with Gasteiger partial charge in [-0.3, -0.25) is 0 Å². The predicted octanol–water partition coefficient (Wildman–Crippen LogP) is -0.0977. The molecular weight excluding hydrogens is 134 g/mol. The van der Waals surface area contributed by atoms with E-state index in [1.165, 1.54) is 32.5 Å². The van der Waals surface area contributed by atoms with Crippen molar-refractivity contribution in [2.75, 3.05) is 19.6 Å². The molecule has 0 unspecified atom stereocenters. The van der Waals surface area contributed by atoms with Gasteiger partial charge in [0.25, 0.3) is 0 Å². The normalized spacial score (nSPS) is 49.7. The third-order valence-corrected chi connectivity index (χ3v) is 3.24. The molecule has 2 heteroatoms. The number of hydrogen-bond donors (Lipinski definition) is 1. The molecule has 3 fully saturated rings. The lowest BCUT2D eigenvalue weighted by atomic mass is 9.88. The predicted molar refractivity (Wildman–Crippen MR) is 37.9 cm³/mol. The van der Waals surface area contributed by atoms with Crippen LogP contribution in [-0.2, 0) is 0 Å². The lowest BCUT2D eigenvalue weighted by Gasteiger charge is -2.39. The number of rotatable bonds is 0. The lowest BCUT2D eigenvalue weighted by Crippen LogP contribution is -3.16. The smallest absolute Gasteiger partial charge is 0.0940 e. The summed E-state index contributed by atoms with van der Waals surface area (Å²) in [5.41, 5.74) is 0. The first kappa shape index (κ1) is 5.99. The molecule has 0 aromatic carbocycles. The fourth-order valence-corrected chi connectivity index (χ4v) is 2.53. The average Bonchev–Trinajstić information content (AvgIpc) is 1.90. The summed E-state index contributed by atoms with van der Waals surface area (Å²) in [6, 6.07) is 0. The fraction of sp³-hybridized carbons (Fsp3) is 1.00. The third kappa shape index (κ3) is 0.968. The molecule has 0 aromatic rings. The maximum atomic E-state index is 6.09. The molecule has 2 bridgehead atoms. The highest BCUT2D eigenvalue weighted by Crippen LogP contribution is 2.21. The summed E-state index contributed by atoms with van der Waals surface area (Å²) >= 11 is 6.09. The first-order valence-corrected chi connectivity index (χ1v) is 4.27. The summed E-state index contributed by atoms with van der Waals surface area (Å²) in [4.78, 5) is 1.73. The van der Waals surface area contributed by atoms with E-state index in [0.717, 1.165) is 5.92 Å². The molecular formula is C7H13ClN+. The molecule has 0 aromatic heterocycles. The van der Waals surface area contributed by atoms with E-state index in [9.17, 15) is 0 Å². The number of fused-ring (bicyclic) bond motifs is 3. The van der Waals surface area contributed by atoms with Crippen LogP contribution in [0.15, 0.2) is 0 Å². The van der Waals surface area contributed by atoms with Crippen LogP contribution < -0.4 is 4.90 Å². The van der Waals surface area contributed by atoms with E-state index in [-0.39, 0.29) is 0 Å². The second kappa shape index (κ2) is 2.14. The molecule has 52 valence electrons. The van der Waals surface area contributed by atoms with Crippen molar-refractivity contribution in [1.82, 2.24) is 0 Å². The molecule has 1 nitrogen and oxygen atoms in total. The highest BCUT2D eigenvalue weighted by atomic mass is 35.5. The highest BCUT2D eigenvalue weighted by molar-refractivity contribution is 6.20. The van der Waals surface area contributed by atoms with E-state index in [0.29, 0.717) is 5.38 Å². The Hall–Kier alpha value is 0.250. The van der Waals surface area contributed by atoms with Crippen molar-refractivity contribution in [2.24, 2.45) is 5.92 Å². The molecule has 3 heterocycles. The SMILES string of the molecule is Cl[C@H]1C[NH+]2CCC1CC2. The second-order valence-electron chi connectivity index (χ2n) is 3.31. The Morgan fingerprint density at radius 1 is 1.22 bits per heavy atom. The summed E-state index contributed by atoms with van der Waals surface area (Å²) in [7, 11) is 0. The van der Waals surface area contributed by atoms with Crippen molar-refractivity contribution in [2.45, 2.75) is 18.2 Å². The third-order valence-electron chi connectivity index (χ3n) is 2.73. The molecule has 3 rings (SSSR count). The van der Waals surface area contributed by atoms with Gasteiger partial charge in [-0.05, 0) is 5.92 Å². The van der Waals surface area contributed by atoms with Crippen LogP contribution >= 0.6 is 11.6 Å². The maximum absolute atomic E-state index is 6.09. The van der Waals surface area contributed by atoms with Crippen LogP contribution in [-0.4, -0.2) is 25.0 Å². The Bertz CT molecular complexity index is 107. The van der Waals surface area contributed by atoms with Gasteiger partial charge in [0.05, 0.1) is 25.0 Å². The van der Waals surface area contributed by atoms with Gasteiger partial charge in [0, 0.05) is 12.8 Å². The molecule has 9 heavy (non-hydrogen) atoms. The van der Waals surface area contributed by atoms with Gasteiger partial charge in [-0.15, -0.1) is 11.6 Å². The van der Waals surface area contributed by atoms with Crippen molar-refractivity contribution in [3.63, 3.8) is 0 Å². The minimum absolute atomic E-state index is 0.502. The molecule has 0 radical (unpaired) electrons. The van der Waals surface area contributed by atoms with Crippen LogP contribution in [0, 0.1) is 5.92 Å². The second-order valence-corrected chi connectivity index (χ2v) is 3.87. The van der Waals surface area contributed by atoms with Gasteiger partial charge >= 0.3 is 0 Å².